The highest BCUT2D eigenvalue weighted by Crippen LogP contribution is 2.21. The van der Waals surface area contributed by atoms with Gasteiger partial charge in [0.1, 0.15) is 16.9 Å². The molecule has 0 fully saturated rings. The van der Waals surface area contributed by atoms with Crippen molar-refractivity contribution in [2.45, 2.75) is 0 Å². The molecular formula is C10H8ClN5O3. The average molecular weight is 282 g/mol. The topological polar surface area (TPSA) is 103 Å². The summed E-state index contributed by atoms with van der Waals surface area (Å²) in [6.07, 6.45) is 2.57. The van der Waals surface area contributed by atoms with Crippen LogP contribution in [0, 0.1) is 10.1 Å². The maximum absolute atomic E-state index is 11.9. The van der Waals surface area contributed by atoms with E-state index in [1.807, 2.05) is 0 Å². The molecule has 2 heterocycles. The molecule has 0 unspecified atom stereocenters. The van der Waals surface area contributed by atoms with Crippen molar-refractivity contribution >= 4 is 29.0 Å². The van der Waals surface area contributed by atoms with E-state index in [0.717, 1.165) is 12.3 Å². The Hall–Kier alpha value is -2.48. The molecule has 0 bridgehead atoms. The monoisotopic (exact) mass is 281 g/mol. The predicted octanol–water partition coefficient (Wildman–Crippen LogP) is 1.63. The van der Waals surface area contributed by atoms with Crippen molar-refractivity contribution in [2.24, 2.45) is 7.05 Å². The van der Waals surface area contributed by atoms with Crippen LogP contribution in [-0.4, -0.2) is 25.6 Å². The molecule has 2 rings (SSSR count). The van der Waals surface area contributed by atoms with Crippen LogP contribution in [0.2, 0.25) is 5.15 Å². The zero-order valence-corrected chi connectivity index (χ0v) is 10.5. The molecule has 0 saturated carbocycles. The molecule has 0 aliphatic heterocycles. The second kappa shape index (κ2) is 5.02. The van der Waals surface area contributed by atoms with E-state index in [4.69, 9.17) is 11.6 Å². The van der Waals surface area contributed by atoms with Gasteiger partial charge in [-0.25, -0.2) is 4.98 Å². The molecular weight excluding hydrogens is 274 g/mol. The molecule has 9 heteroatoms. The fourth-order valence-corrected chi connectivity index (χ4v) is 1.57. The largest absolute Gasteiger partial charge is 0.305 e. The van der Waals surface area contributed by atoms with Crippen molar-refractivity contribution in [3.05, 3.63) is 45.4 Å². The lowest BCUT2D eigenvalue weighted by atomic mass is 10.2. The Morgan fingerprint density at radius 2 is 2.32 bits per heavy atom. The summed E-state index contributed by atoms with van der Waals surface area (Å²) in [6.45, 7) is 0. The number of anilines is 1. The minimum Gasteiger partial charge on any atom is -0.305 e. The van der Waals surface area contributed by atoms with Crippen molar-refractivity contribution in [2.75, 3.05) is 5.32 Å². The smallest absolute Gasteiger partial charge is 0.300 e. The lowest BCUT2D eigenvalue weighted by molar-refractivity contribution is -0.385. The Labute approximate surface area is 112 Å². The van der Waals surface area contributed by atoms with Crippen LogP contribution < -0.4 is 5.32 Å². The van der Waals surface area contributed by atoms with Gasteiger partial charge in [0.25, 0.3) is 11.6 Å². The Bertz CT molecular complexity index is 654. The first-order valence-electron chi connectivity index (χ1n) is 5.08. The Morgan fingerprint density at radius 3 is 2.89 bits per heavy atom. The number of halogens is 1. The average Bonchev–Trinajstić information content (AvgIpc) is 2.74. The summed E-state index contributed by atoms with van der Waals surface area (Å²) < 4.78 is 1.49. The van der Waals surface area contributed by atoms with Crippen LogP contribution in [0.4, 0.5) is 11.5 Å². The van der Waals surface area contributed by atoms with Gasteiger partial charge in [0.05, 0.1) is 4.92 Å². The third-order valence-corrected chi connectivity index (χ3v) is 2.45. The van der Waals surface area contributed by atoms with E-state index in [1.165, 1.54) is 4.68 Å². The van der Waals surface area contributed by atoms with Crippen LogP contribution >= 0.6 is 11.6 Å². The van der Waals surface area contributed by atoms with Gasteiger partial charge < -0.3 is 5.32 Å². The summed E-state index contributed by atoms with van der Waals surface area (Å²) in [4.78, 5) is 25.6. The minimum absolute atomic E-state index is 0.00299. The molecule has 0 radical (unpaired) electrons. The van der Waals surface area contributed by atoms with Gasteiger partial charge in [-0.05, 0) is 6.07 Å². The summed E-state index contributed by atoms with van der Waals surface area (Å²) in [6, 6.07) is 2.70. The van der Waals surface area contributed by atoms with E-state index in [2.05, 4.69) is 15.4 Å². The maximum atomic E-state index is 11.9. The fourth-order valence-electron chi connectivity index (χ4n) is 1.42. The van der Waals surface area contributed by atoms with Crippen LogP contribution in [0.3, 0.4) is 0 Å². The maximum Gasteiger partial charge on any atom is 0.300 e. The van der Waals surface area contributed by atoms with Gasteiger partial charge >= 0.3 is 0 Å². The first kappa shape index (κ1) is 13.0. The van der Waals surface area contributed by atoms with E-state index in [-0.39, 0.29) is 16.5 Å². The van der Waals surface area contributed by atoms with E-state index in [0.29, 0.717) is 0 Å². The van der Waals surface area contributed by atoms with Crippen LogP contribution in [0.1, 0.15) is 10.4 Å². The second-order valence-electron chi connectivity index (χ2n) is 3.61. The normalized spacial score (nSPS) is 10.2. The molecule has 98 valence electrons. The number of aryl methyl sites for hydroxylation is 1. The first-order chi connectivity index (χ1) is 8.97. The van der Waals surface area contributed by atoms with E-state index < -0.39 is 16.5 Å². The number of hydrogen-bond acceptors (Lipinski definition) is 5. The molecule has 1 N–H and O–H groups in total. The van der Waals surface area contributed by atoms with Gasteiger partial charge in [0, 0.05) is 19.3 Å². The lowest BCUT2D eigenvalue weighted by Gasteiger charge is -2.03. The Morgan fingerprint density at radius 1 is 1.58 bits per heavy atom. The van der Waals surface area contributed by atoms with Crippen molar-refractivity contribution in [1.82, 2.24) is 14.8 Å². The SMILES string of the molecule is Cn1ccc(NC(=O)c2cc(Cl)ncc2[N+](=O)[O-])n1. The van der Waals surface area contributed by atoms with Gasteiger partial charge in [-0.1, -0.05) is 11.6 Å². The Kier molecular flexibility index (Phi) is 3.43. The third-order valence-electron chi connectivity index (χ3n) is 2.25. The predicted molar refractivity (Wildman–Crippen MR) is 67.1 cm³/mol. The quantitative estimate of drug-likeness (QED) is 0.523. The molecule has 0 atom stereocenters. The van der Waals surface area contributed by atoms with E-state index >= 15 is 0 Å². The molecule has 19 heavy (non-hydrogen) atoms. The van der Waals surface area contributed by atoms with Crippen molar-refractivity contribution in [3.8, 4) is 0 Å². The number of nitro groups is 1. The highest BCUT2D eigenvalue weighted by molar-refractivity contribution is 6.30. The van der Waals surface area contributed by atoms with Gasteiger partial charge in [-0.3, -0.25) is 19.6 Å². The van der Waals surface area contributed by atoms with Crippen LogP contribution in [0.15, 0.2) is 24.5 Å². The highest BCUT2D eigenvalue weighted by Gasteiger charge is 2.21. The number of carbonyl (C=O) groups excluding carboxylic acids is 1. The van der Waals surface area contributed by atoms with Gasteiger partial charge in [-0.2, -0.15) is 5.10 Å². The molecule has 0 saturated heterocycles. The van der Waals surface area contributed by atoms with Crippen molar-refractivity contribution < 1.29 is 9.72 Å². The second-order valence-corrected chi connectivity index (χ2v) is 4.00. The molecule has 0 aliphatic carbocycles. The van der Waals surface area contributed by atoms with Crippen LogP contribution in [0.5, 0.6) is 0 Å². The summed E-state index contributed by atoms with van der Waals surface area (Å²) >= 11 is 5.64. The zero-order chi connectivity index (χ0) is 14.0. The fraction of sp³-hybridized carbons (Fsp3) is 0.100. The van der Waals surface area contributed by atoms with Crippen LogP contribution in [-0.2, 0) is 7.05 Å². The van der Waals surface area contributed by atoms with E-state index in [1.54, 1.807) is 19.3 Å². The molecule has 0 aromatic carbocycles. The van der Waals surface area contributed by atoms with Gasteiger partial charge in [0.2, 0.25) is 0 Å². The minimum atomic E-state index is -0.698. The lowest BCUT2D eigenvalue weighted by Crippen LogP contribution is -2.15. The molecule has 2 aromatic heterocycles. The third kappa shape index (κ3) is 2.86. The summed E-state index contributed by atoms with van der Waals surface area (Å²) in [7, 11) is 1.68. The van der Waals surface area contributed by atoms with E-state index in [9.17, 15) is 14.9 Å². The Balaban J connectivity index is 2.32. The summed E-state index contributed by atoms with van der Waals surface area (Å²) in [5, 5.41) is 17.2. The highest BCUT2D eigenvalue weighted by atomic mass is 35.5. The molecule has 0 spiro atoms. The zero-order valence-electron chi connectivity index (χ0n) is 9.70. The van der Waals surface area contributed by atoms with Crippen LogP contribution in [0.25, 0.3) is 0 Å². The van der Waals surface area contributed by atoms with Crippen molar-refractivity contribution in [3.63, 3.8) is 0 Å². The summed E-state index contributed by atoms with van der Waals surface area (Å²) in [5.74, 6) is -0.385. The first-order valence-corrected chi connectivity index (χ1v) is 5.46. The van der Waals surface area contributed by atoms with Crippen molar-refractivity contribution in [1.29, 1.82) is 0 Å². The standard InChI is InChI=1S/C10H8ClN5O3/c1-15-3-2-9(14-15)13-10(17)6-4-8(11)12-5-7(6)16(18)19/h2-5H,1H3,(H,13,14,17). The number of hydrogen-bond donors (Lipinski definition) is 1. The number of amides is 1. The number of rotatable bonds is 3. The number of pyridine rings is 1. The number of aromatic nitrogens is 3. The molecule has 0 aliphatic rings. The summed E-state index contributed by atoms with van der Waals surface area (Å²) in [5.41, 5.74) is -0.589. The number of nitrogens with one attached hydrogen (secondary N) is 1. The number of nitrogens with zero attached hydrogens (tertiary/aromatic N) is 4. The van der Waals surface area contributed by atoms with Gasteiger partial charge in [0.15, 0.2) is 5.82 Å². The molecule has 8 nitrogen and oxygen atoms in total. The molecule has 1 amide bonds. The van der Waals surface area contributed by atoms with Gasteiger partial charge in [-0.15, -0.1) is 0 Å². The number of carbonyl (C=O) groups is 1. The molecule has 2 aromatic rings.